The molecule has 0 saturated heterocycles. The van der Waals surface area contributed by atoms with Crippen molar-refractivity contribution in [2.45, 2.75) is 31.8 Å². The van der Waals surface area contributed by atoms with E-state index in [0.29, 0.717) is 12.6 Å². The number of hydrogen-bond acceptors (Lipinski definition) is 2. The number of nitrogens with zero attached hydrogens (tertiary/aromatic N) is 1. The Morgan fingerprint density at radius 3 is 3.06 bits per heavy atom. The van der Waals surface area contributed by atoms with Gasteiger partial charge in [0.2, 0.25) is 0 Å². The van der Waals surface area contributed by atoms with Crippen molar-refractivity contribution in [1.29, 1.82) is 0 Å². The molecule has 1 heterocycles. The number of nitrogens with one attached hydrogen (secondary N) is 1. The van der Waals surface area contributed by atoms with Gasteiger partial charge in [-0.2, -0.15) is 0 Å². The Morgan fingerprint density at radius 1 is 1.44 bits per heavy atom. The molecule has 0 bridgehead atoms. The van der Waals surface area contributed by atoms with E-state index in [1.165, 1.54) is 16.6 Å². The van der Waals surface area contributed by atoms with E-state index in [1.54, 1.807) is 0 Å². The van der Waals surface area contributed by atoms with Crippen molar-refractivity contribution in [3.05, 3.63) is 35.5 Å². The van der Waals surface area contributed by atoms with Crippen molar-refractivity contribution < 1.29 is 4.79 Å². The number of fused-ring (bicyclic) bond motifs is 3. The highest BCUT2D eigenvalue weighted by Crippen LogP contribution is 2.32. The summed E-state index contributed by atoms with van der Waals surface area (Å²) in [5.74, 6) is 0. The number of carbonyl (C=O) groups is 1. The molecule has 0 fully saturated rings. The summed E-state index contributed by atoms with van der Waals surface area (Å²) in [4.78, 5) is 13.7. The van der Waals surface area contributed by atoms with Gasteiger partial charge in [0, 0.05) is 22.6 Å². The minimum atomic E-state index is 0.328. The minimum Gasteiger partial charge on any atom is -0.337 e. The first-order chi connectivity index (χ1) is 8.85. The molecule has 0 spiro atoms. The van der Waals surface area contributed by atoms with E-state index in [4.69, 9.17) is 11.8 Å². The largest absolute Gasteiger partial charge is 0.337 e. The van der Waals surface area contributed by atoms with Gasteiger partial charge in [-0.15, -0.1) is 0 Å². The van der Waals surface area contributed by atoms with E-state index in [1.807, 2.05) is 12.1 Å². The molecule has 1 aromatic heterocycles. The van der Waals surface area contributed by atoms with Crippen LogP contribution in [0.1, 0.15) is 17.7 Å². The maximum absolute atomic E-state index is 10.9. The normalized spacial score (nSPS) is 18.8. The molecular weight excluding hydrogens is 248 g/mol. The molecule has 0 radical (unpaired) electrons. The van der Waals surface area contributed by atoms with Gasteiger partial charge in [-0.1, -0.05) is 18.2 Å². The molecule has 18 heavy (non-hydrogen) atoms. The SMILES string of the molecule is O=CCn1c2c(c3ccccc31)C[C@H](NCl)CC2. The molecule has 1 atom stereocenters. The third-order valence-electron chi connectivity index (χ3n) is 3.79. The zero-order chi connectivity index (χ0) is 12.5. The van der Waals surface area contributed by atoms with Crippen LogP contribution in [0, 0.1) is 0 Å². The molecule has 0 amide bonds. The highest BCUT2D eigenvalue weighted by Gasteiger charge is 2.24. The van der Waals surface area contributed by atoms with Crippen LogP contribution >= 0.6 is 11.8 Å². The second-order valence-corrected chi connectivity index (χ2v) is 4.99. The number of para-hydroxylation sites is 1. The first-order valence-electron chi connectivity index (χ1n) is 6.24. The van der Waals surface area contributed by atoms with Crippen LogP contribution in [0.2, 0.25) is 0 Å². The maximum atomic E-state index is 10.9. The standard InChI is InChI=1S/C14H15ClN2O/c15-16-10-5-6-14-12(9-10)11-3-1-2-4-13(11)17(14)7-8-18/h1-4,8,10,16H,5-7,9H2/t10-/m1/s1. The van der Waals surface area contributed by atoms with Gasteiger partial charge in [0.1, 0.15) is 6.29 Å². The lowest BCUT2D eigenvalue weighted by Gasteiger charge is -2.22. The quantitative estimate of drug-likeness (QED) is 0.681. The summed E-state index contributed by atoms with van der Waals surface area (Å²) in [5.41, 5.74) is 3.80. The zero-order valence-electron chi connectivity index (χ0n) is 10.0. The van der Waals surface area contributed by atoms with Gasteiger partial charge in [0.15, 0.2) is 0 Å². The van der Waals surface area contributed by atoms with E-state index >= 15 is 0 Å². The summed E-state index contributed by atoms with van der Waals surface area (Å²) in [7, 11) is 0. The topological polar surface area (TPSA) is 34.0 Å². The Kier molecular flexibility index (Phi) is 3.10. The van der Waals surface area contributed by atoms with Gasteiger partial charge in [0.25, 0.3) is 0 Å². The molecular formula is C14H15ClN2O. The molecule has 2 aromatic rings. The van der Waals surface area contributed by atoms with Crippen LogP contribution in [0.25, 0.3) is 10.9 Å². The van der Waals surface area contributed by atoms with E-state index in [2.05, 4.69) is 21.5 Å². The van der Waals surface area contributed by atoms with Crippen molar-refractivity contribution >= 4 is 29.0 Å². The van der Waals surface area contributed by atoms with E-state index < -0.39 is 0 Å². The smallest absolute Gasteiger partial charge is 0.139 e. The highest BCUT2D eigenvalue weighted by molar-refractivity contribution is 6.13. The molecule has 1 aliphatic carbocycles. The molecule has 1 N–H and O–H groups in total. The monoisotopic (exact) mass is 262 g/mol. The average Bonchev–Trinajstić information content (AvgIpc) is 2.74. The lowest BCUT2D eigenvalue weighted by molar-refractivity contribution is -0.108. The van der Waals surface area contributed by atoms with Crippen molar-refractivity contribution in [3.63, 3.8) is 0 Å². The highest BCUT2D eigenvalue weighted by atomic mass is 35.5. The number of halogens is 1. The summed E-state index contributed by atoms with van der Waals surface area (Å²) in [5, 5.41) is 1.26. The average molecular weight is 263 g/mol. The fourth-order valence-electron chi connectivity index (χ4n) is 2.98. The Balaban J connectivity index is 2.20. The molecule has 4 heteroatoms. The fourth-order valence-corrected chi connectivity index (χ4v) is 3.16. The first-order valence-corrected chi connectivity index (χ1v) is 6.61. The number of hydrogen-bond donors (Lipinski definition) is 1. The maximum Gasteiger partial charge on any atom is 0.139 e. The van der Waals surface area contributed by atoms with Crippen molar-refractivity contribution in [2.75, 3.05) is 0 Å². The van der Waals surface area contributed by atoms with Crippen LogP contribution in [0.5, 0.6) is 0 Å². The molecule has 3 rings (SSSR count). The summed E-state index contributed by atoms with van der Waals surface area (Å²) in [6, 6.07) is 8.61. The molecule has 1 aromatic carbocycles. The number of carbonyl (C=O) groups excluding carboxylic acids is 1. The van der Waals surface area contributed by atoms with Crippen LogP contribution in [-0.4, -0.2) is 16.9 Å². The predicted molar refractivity (Wildman–Crippen MR) is 72.8 cm³/mol. The zero-order valence-corrected chi connectivity index (χ0v) is 10.8. The molecule has 3 nitrogen and oxygen atoms in total. The fraction of sp³-hybridized carbons (Fsp3) is 0.357. The third-order valence-corrected chi connectivity index (χ3v) is 4.09. The Hall–Kier alpha value is -1.32. The molecule has 1 aliphatic rings. The number of aldehydes is 1. The van der Waals surface area contributed by atoms with Gasteiger partial charge in [-0.05, 0) is 42.7 Å². The second-order valence-electron chi connectivity index (χ2n) is 4.77. The van der Waals surface area contributed by atoms with Gasteiger partial charge >= 0.3 is 0 Å². The second kappa shape index (κ2) is 4.75. The third kappa shape index (κ3) is 1.74. The first kappa shape index (κ1) is 11.8. The Labute approximate surface area is 111 Å². The van der Waals surface area contributed by atoms with E-state index in [-0.39, 0.29) is 0 Å². The van der Waals surface area contributed by atoms with Gasteiger partial charge in [-0.25, -0.2) is 4.84 Å². The van der Waals surface area contributed by atoms with E-state index in [9.17, 15) is 4.79 Å². The van der Waals surface area contributed by atoms with E-state index in [0.717, 1.165) is 31.1 Å². The Bertz CT molecular complexity index is 591. The molecule has 0 unspecified atom stereocenters. The minimum absolute atomic E-state index is 0.328. The molecule has 0 aliphatic heterocycles. The van der Waals surface area contributed by atoms with Gasteiger partial charge in [-0.3, -0.25) is 0 Å². The molecule has 0 saturated carbocycles. The summed E-state index contributed by atoms with van der Waals surface area (Å²) < 4.78 is 2.14. The van der Waals surface area contributed by atoms with Crippen LogP contribution in [0.4, 0.5) is 0 Å². The van der Waals surface area contributed by atoms with Crippen molar-refractivity contribution in [1.82, 2.24) is 9.40 Å². The Morgan fingerprint density at radius 2 is 2.28 bits per heavy atom. The van der Waals surface area contributed by atoms with Crippen LogP contribution in [0.3, 0.4) is 0 Å². The number of aromatic nitrogens is 1. The number of benzene rings is 1. The van der Waals surface area contributed by atoms with Crippen molar-refractivity contribution in [2.24, 2.45) is 0 Å². The van der Waals surface area contributed by atoms with Crippen molar-refractivity contribution in [3.8, 4) is 0 Å². The predicted octanol–water partition coefficient (Wildman–Crippen LogP) is 2.44. The van der Waals surface area contributed by atoms with Crippen LogP contribution in [0.15, 0.2) is 24.3 Å². The summed E-state index contributed by atoms with van der Waals surface area (Å²) in [6.07, 6.45) is 3.90. The lowest BCUT2D eigenvalue weighted by atomic mass is 9.92. The summed E-state index contributed by atoms with van der Waals surface area (Å²) >= 11 is 5.75. The van der Waals surface area contributed by atoms with Crippen LogP contribution < -0.4 is 4.84 Å². The van der Waals surface area contributed by atoms with Gasteiger partial charge < -0.3 is 9.36 Å². The van der Waals surface area contributed by atoms with Gasteiger partial charge in [0.05, 0.1) is 6.54 Å². The molecule has 94 valence electrons. The number of rotatable bonds is 3. The lowest BCUT2D eigenvalue weighted by Crippen LogP contribution is -2.28. The summed E-state index contributed by atoms with van der Waals surface area (Å²) in [6.45, 7) is 0.439. The van der Waals surface area contributed by atoms with Crippen LogP contribution in [-0.2, 0) is 24.2 Å².